The van der Waals surface area contributed by atoms with Gasteiger partial charge >= 0.3 is 6.03 Å². The van der Waals surface area contributed by atoms with Crippen molar-refractivity contribution < 1.29 is 9.53 Å². The number of halogens is 1. The first-order valence-electron chi connectivity index (χ1n) is 7.54. The zero-order valence-corrected chi connectivity index (χ0v) is 13.4. The topological polar surface area (TPSA) is 54.5 Å². The number of urea groups is 1. The van der Waals surface area contributed by atoms with Gasteiger partial charge in [0.1, 0.15) is 11.9 Å². The van der Waals surface area contributed by atoms with Gasteiger partial charge in [0.25, 0.3) is 0 Å². The minimum atomic E-state index is -0.0657. The molecule has 0 saturated carbocycles. The van der Waals surface area contributed by atoms with Gasteiger partial charge in [-0.25, -0.2) is 4.79 Å². The van der Waals surface area contributed by atoms with Crippen molar-refractivity contribution in [2.45, 2.75) is 19.1 Å². The van der Waals surface area contributed by atoms with Crippen LogP contribution < -0.4 is 10.1 Å². The summed E-state index contributed by atoms with van der Waals surface area (Å²) < 4.78 is 5.88. The van der Waals surface area contributed by atoms with E-state index < -0.39 is 0 Å². The first-order chi connectivity index (χ1) is 11.2. The molecule has 0 bridgehead atoms. The Morgan fingerprint density at radius 2 is 2.00 bits per heavy atom. The highest BCUT2D eigenvalue weighted by molar-refractivity contribution is 6.30. The predicted octanol–water partition coefficient (Wildman–Crippen LogP) is 3.10. The summed E-state index contributed by atoms with van der Waals surface area (Å²) in [5.41, 5.74) is 1.03. The van der Waals surface area contributed by atoms with Crippen molar-refractivity contribution in [2.24, 2.45) is 0 Å². The highest BCUT2D eigenvalue weighted by Crippen LogP contribution is 2.20. The average molecular weight is 332 g/mol. The van der Waals surface area contributed by atoms with Gasteiger partial charge in [0, 0.05) is 36.9 Å². The summed E-state index contributed by atoms with van der Waals surface area (Å²) in [5.74, 6) is 0.776. The van der Waals surface area contributed by atoms with Crippen molar-refractivity contribution in [3.8, 4) is 5.75 Å². The first-order valence-corrected chi connectivity index (χ1v) is 7.92. The van der Waals surface area contributed by atoms with Gasteiger partial charge in [0.2, 0.25) is 0 Å². The number of nitrogens with one attached hydrogen (secondary N) is 1. The van der Waals surface area contributed by atoms with Crippen LogP contribution in [0.15, 0.2) is 48.8 Å². The number of pyridine rings is 1. The van der Waals surface area contributed by atoms with Crippen LogP contribution in [0.1, 0.15) is 12.0 Å². The molecule has 2 aromatic rings. The quantitative estimate of drug-likeness (QED) is 0.936. The van der Waals surface area contributed by atoms with Gasteiger partial charge in [-0.2, -0.15) is 0 Å². The van der Waals surface area contributed by atoms with Crippen LogP contribution in [0.5, 0.6) is 5.75 Å². The third-order valence-corrected chi connectivity index (χ3v) is 3.99. The minimum absolute atomic E-state index is 0.0165. The number of rotatable bonds is 4. The average Bonchev–Trinajstić information content (AvgIpc) is 3.04. The second-order valence-corrected chi connectivity index (χ2v) is 5.88. The van der Waals surface area contributed by atoms with E-state index in [-0.39, 0.29) is 12.1 Å². The summed E-state index contributed by atoms with van der Waals surface area (Å²) in [6.07, 6.45) is 4.27. The summed E-state index contributed by atoms with van der Waals surface area (Å²) in [6, 6.07) is 11.0. The molecule has 5 nitrogen and oxygen atoms in total. The van der Waals surface area contributed by atoms with Crippen LogP contribution in [0.3, 0.4) is 0 Å². The summed E-state index contributed by atoms with van der Waals surface area (Å²) in [6.45, 7) is 1.78. The lowest BCUT2D eigenvalue weighted by Gasteiger charge is -2.18. The van der Waals surface area contributed by atoms with E-state index in [9.17, 15) is 4.79 Å². The molecular formula is C17H18ClN3O2. The Morgan fingerprint density at radius 3 is 2.74 bits per heavy atom. The van der Waals surface area contributed by atoms with Crippen LogP contribution in [0, 0.1) is 0 Å². The lowest BCUT2D eigenvalue weighted by atomic mass is 10.3. The number of carbonyl (C=O) groups is 1. The number of aromatic nitrogens is 1. The molecule has 1 aromatic heterocycles. The normalized spacial score (nSPS) is 17.1. The van der Waals surface area contributed by atoms with Crippen molar-refractivity contribution >= 4 is 17.6 Å². The van der Waals surface area contributed by atoms with E-state index in [1.165, 1.54) is 0 Å². The zero-order valence-electron chi connectivity index (χ0n) is 12.6. The molecule has 1 aliphatic rings. The second kappa shape index (κ2) is 7.33. The molecule has 23 heavy (non-hydrogen) atoms. The van der Waals surface area contributed by atoms with Crippen LogP contribution in [0.2, 0.25) is 5.02 Å². The molecule has 0 radical (unpaired) electrons. The van der Waals surface area contributed by atoms with Crippen LogP contribution >= 0.6 is 11.6 Å². The molecule has 1 fully saturated rings. The summed E-state index contributed by atoms with van der Waals surface area (Å²) in [5, 5.41) is 3.60. The molecule has 120 valence electrons. The van der Waals surface area contributed by atoms with Gasteiger partial charge < -0.3 is 15.0 Å². The van der Waals surface area contributed by atoms with Gasteiger partial charge in [0.15, 0.2) is 0 Å². The number of benzene rings is 1. The molecule has 1 aliphatic heterocycles. The Morgan fingerprint density at radius 1 is 1.26 bits per heavy atom. The molecule has 0 spiro atoms. The molecule has 1 aromatic carbocycles. The Bertz CT molecular complexity index is 649. The number of likely N-dealkylation sites (tertiary alicyclic amines) is 1. The van der Waals surface area contributed by atoms with Crippen molar-refractivity contribution in [3.05, 3.63) is 59.4 Å². The SMILES string of the molecule is O=C(NCc1ccncc1)N1CC[C@@H](Oc2ccc(Cl)cc2)C1. The number of hydrogen-bond acceptors (Lipinski definition) is 3. The van der Waals surface area contributed by atoms with Crippen molar-refractivity contribution in [2.75, 3.05) is 13.1 Å². The van der Waals surface area contributed by atoms with Crippen LogP contribution in [-0.2, 0) is 6.54 Å². The van der Waals surface area contributed by atoms with E-state index in [4.69, 9.17) is 16.3 Å². The van der Waals surface area contributed by atoms with Crippen LogP contribution in [0.25, 0.3) is 0 Å². The standard InChI is InChI=1S/C17H18ClN3O2/c18-14-1-3-15(4-2-14)23-16-7-10-21(12-16)17(22)20-11-13-5-8-19-9-6-13/h1-6,8-9,16H,7,10-12H2,(H,20,22)/t16-/m1/s1. The molecule has 0 aliphatic carbocycles. The summed E-state index contributed by atoms with van der Waals surface area (Å²) in [7, 11) is 0. The predicted molar refractivity (Wildman–Crippen MR) is 88.5 cm³/mol. The Hall–Kier alpha value is -2.27. The maximum atomic E-state index is 12.2. The van der Waals surface area contributed by atoms with Gasteiger partial charge in [-0.05, 0) is 42.0 Å². The van der Waals surface area contributed by atoms with E-state index in [0.29, 0.717) is 24.7 Å². The number of nitrogens with zero attached hydrogens (tertiary/aromatic N) is 2. The first kappa shape index (κ1) is 15.6. The van der Waals surface area contributed by atoms with E-state index in [1.54, 1.807) is 29.4 Å². The molecule has 2 heterocycles. The lowest BCUT2D eigenvalue weighted by molar-refractivity contribution is 0.186. The summed E-state index contributed by atoms with van der Waals surface area (Å²) in [4.78, 5) is 17.9. The number of ether oxygens (including phenoxy) is 1. The molecule has 1 atom stereocenters. The molecule has 2 amide bonds. The maximum Gasteiger partial charge on any atom is 0.317 e. The van der Waals surface area contributed by atoms with Crippen LogP contribution in [-0.4, -0.2) is 35.1 Å². The van der Waals surface area contributed by atoms with Crippen molar-refractivity contribution in [1.29, 1.82) is 0 Å². The highest BCUT2D eigenvalue weighted by Gasteiger charge is 2.27. The number of amides is 2. The number of carbonyl (C=O) groups excluding carboxylic acids is 1. The van der Waals surface area contributed by atoms with Gasteiger partial charge in [-0.15, -0.1) is 0 Å². The third-order valence-electron chi connectivity index (χ3n) is 3.74. The van der Waals surface area contributed by atoms with Crippen molar-refractivity contribution in [3.63, 3.8) is 0 Å². The van der Waals surface area contributed by atoms with Gasteiger partial charge in [-0.1, -0.05) is 11.6 Å². The highest BCUT2D eigenvalue weighted by atomic mass is 35.5. The molecular weight excluding hydrogens is 314 g/mol. The Balaban J connectivity index is 1.47. The Kier molecular flexibility index (Phi) is 4.98. The molecule has 3 rings (SSSR count). The number of hydrogen-bond donors (Lipinski definition) is 1. The minimum Gasteiger partial charge on any atom is -0.489 e. The van der Waals surface area contributed by atoms with Crippen molar-refractivity contribution in [1.82, 2.24) is 15.2 Å². The molecule has 1 N–H and O–H groups in total. The van der Waals surface area contributed by atoms with E-state index in [1.807, 2.05) is 24.3 Å². The van der Waals surface area contributed by atoms with Gasteiger partial charge in [-0.3, -0.25) is 4.98 Å². The fraction of sp³-hybridized carbons (Fsp3) is 0.294. The third kappa shape index (κ3) is 4.36. The second-order valence-electron chi connectivity index (χ2n) is 5.44. The maximum absolute atomic E-state index is 12.2. The van der Waals surface area contributed by atoms with Crippen LogP contribution in [0.4, 0.5) is 4.79 Å². The zero-order chi connectivity index (χ0) is 16.1. The van der Waals surface area contributed by atoms with E-state index in [2.05, 4.69) is 10.3 Å². The molecule has 1 saturated heterocycles. The monoisotopic (exact) mass is 331 g/mol. The smallest absolute Gasteiger partial charge is 0.317 e. The fourth-order valence-electron chi connectivity index (χ4n) is 2.50. The van der Waals surface area contributed by atoms with E-state index in [0.717, 1.165) is 17.7 Å². The van der Waals surface area contributed by atoms with E-state index >= 15 is 0 Å². The van der Waals surface area contributed by atoms with Gasteiger partial charge in [0.05, 0.1) is 6.54 Å². The Labute approximate surface area is 140 Å². The lowest BCUT2D eigenvalue weighted by Crippen LogP contribution is -2.39. The summed E-state index contributed by atoms with van der Waals surface area (Å²) >= 11 is 5.86. The largest absolute Gasteiger partial charge is 0.489 e. The fourth-order valence-corrected chi connectivity index (χ4v) is 2.63. The molecule has 6 heteroatoms. The molecule has 0 unspecified atom stereocenters.